The predicted molar refractivity (Wildman–Crippen MR) is 115 cm³/mol. The van der Waals surface area contributed by atoms with Crippen LogP contribution in [0.15, 0.2) is 39.7 Å². The summed E-state index contributed by atoms with van der Waals surface area (Å²) in [4.78, 5) is 30.6. The Morgan fingerprint density at radius 2 is 2.12 bits per heavy atom. The first-order valence-electron chi connectivity index (χ1n) is 10.7. The average molecular weight is 461 g/mol. The lowest BCUT2D eigenvalue weighted by molar-refractivity contribution is 0.0741. The zero-order chi connectivity index (χ0) is 23.6. The molecule has 0 spiro atoms. The minimum atomic E-state index is -0.929. The highest BCUT2D eigenvalue weighted by molar-refractivity contribution is 5.74. The van der Waals surface area contributed by atoms with Crippen LogP contribution in [0.25, 0.3) is 11.1 Å². The number of alkyl halides is 1. The fourth-order valence-corrected chi connectivity index (χ4v) is 4.42. The molecule has 8 nitrogen and oxygen atoms in total. The number of methoxy groups -OCH3 is 1. The lowest BCUT2D eigenvalue weighted by atomic mass is 9.74. The second-order valence-electron chi connectivity index (χ2n) is 8.42. The molecule has 176 valence electrons. The van der Waals surface area contributed by atoms with E-state index in [0.29, 0.717) is 48.2 Å². The van der Waals surface area contributed by atoms with E-state index in [0.717, 1.165) is 6.20 Å². The molecule has 2 aromatic heterocycles. The van der Waals surface area contributed by atoms with Gasteiger partial charge in [-0.3, -0.25) is 4.79 Å². The van der Waals surface area contributed by atoms with Crippen molar-refractivity contribution in [2.45, 2.75) is 43.2 Å². The van der Waals surface area contributed by atoms with Crippen LogP contribution in [-0.4, -0.2) is 42.6 Å². The summed E-state index contributed by atoms with van der Waals surface area (Å²) in [6.07, 6.45) is 0.537. The van der Waals surface area contributed by atoms with Crippen LogP contribution >= 0.6 is 0 Å². The van der Waals surface area contributed by atoms with E-state index in [-0.39, 0.29) is 18.8 Å². The van der Waals surface area contributed by atoms with Crippen molar-refractivity contribution in [1.82, 2.24) is 9.97 Å². The molecule has 0 unspecified atom stereocenters. The Bertz CT molecular complexity index is 1200. The molecule has 4 rings (SSSR count). The second-order valence-corrected chi connectivity index (χ2v) is 8.42. The number of nitrogens with two attached hydrogens (primary N) is 1. The zero-order valence-corrected chi connectivity index (χ0v) is 18.1. The fourth-order valence-electron chi connectivity index (χ4n) is 4.42. The highest BCUT2D eigenvalue weighted by Crippen LogP contribution is 2.41. The number of ether oxygens (including phenoxy) is 2. The Morgan fingerprint density at radius 1 is 1.36 bits per heavy atom. The second kappa shape index (κ2) is 9.30. The number of oxazole rings is 1. The molecule has 1 fully saturated rings. The Balaban J connectivity index is 1.73. The Morgan fingerprint density at radius 3 is 2.82 bits per heavy atom. The molecule has 1 aromatic carbocycles. The highest BCUT2D eigenvalue weighted by atomic mass is 19.1. The van der Waals surface area contributed by atoms with Gasteiger partial charge in [0.15, 0.2) is 5.58 Å². The van der Waals surface area contributed by atoms with Crippen molar-refractivity contribution in [3.05, 3.63) is 63.7 Å². The van der Waals surface area contributed by atoms with Gasteiger partial charge in [0, 0.05) is 24.8 Å². The van der Waals surface area contributed by atoms with Crippen LogP contribution in [0, 0.1) is 5.82 Å². The number of pyridine rings is 1. The molecule has 2 heterocycles. The molecular weight excluding hydrogens is 436 g/mol. The molecule has 0 aliphatic heterocycles. The molecule has 0 bridgehead atoms. The first kappa shape index (κ1) is 22.9. The standard InChI is InChI=1S/C23H25F2N3O5/c1-31-11-17(16-9-15(25)10-27-20(16)29)13-2-3-19-18(8-13)28-21(33-19)23(12-32-22(26)30)6-4-14(24)5-7-23/h2-3,8-10,14,17H,4-7,11-12H2,1H3,(H2,26,30)(H,27,29)/t14?,17-,23?/m1/s1. The number of nitrogens with one attached hydrogen (secondary N) is 1. The summed E-state index contributed by atoms with van der Waals surface area (Å²) in [6.45, 7) is 0.0940. The van der Waals surface area contributed by atoms with E-state index in [2.05, 4.69) is 9.97 Å². The van der Waals surface area contributed by atoms with Gasteiger partial charge in [-0.2, -0.15) is 0 Å². The average Bonchev–Trinajstić information content (AvgIpc) is 3.23. The van der Waals surface area contributed by atoms with E-state index >= 15 is 0 Å². The summed E-state index contributed by atoms with van der Waals surface area (Å²) in [5.74, 6) is -0.752. The van der Waals surface area contributed by atoms with Gasteiger partial charge < -0.3 is 24.6 Å². The van der Waals surface area contributed by atoms with Crippen molar-refractivity contribution < 1.29 is 27.5 Å². The maximum atomic E-state index is 13.8. The van der Waals surface area contributed by atoms with Crippen molar-refractivity contribution >= 4 is 17.2 Å². The number of carbonyl (C=O) groups is 1. The lowest BCUT2D eigenvalue weighted by Crippen LogP contribution is -2.38. The van der Waals surface area contributed by atoms with Crippen LogP contribution < -0.4 is 11.3 Å². The van der Waals surface area contributed by atoms with Crippen molar-refractivity contribution in [2.24, 2.45) is 5.73 Å². The number of H-pyrrole nitrogens is 1. The normalized spacial score (nSPS) is 21.7. The van der Waals surface area contributed by atoms with Crippen molar-refractivity contribution in [3.8, 4) is 0 Å². The Labute approximate surface area is 188 Å². The minimum Gasteiger partial charge on any atom is -0.449 e. The Hall–Kier alpha value is -3.27. The summed E-state index contributed by atoms with van der Waals surface area (Å²) in [5, 5.41) is 0. The van der Waals surface area contributed by atoms with E-state index < -0.39 is 35.0 Å². The van der Waals surface area contributed by atoms with Crippen LogP contribution in [0.5, 0.6) is 0 Å². The molecule has 1 aliphatic carbocycles. The largest absolute Gasteiger partial charge is 0.449 e. The fraction of sp³-hybridized carbons (Fsp3) is 0.435. The number of rotatable bonds is 7. The maximum absolute atomic E-state index is 13.8. The molecule has 1 amide bonds. The van der Waals surface area contributed by atoms with Gasteiger partial charge in [-0.25, -0.2) is 18.6 Å². The first-order valence-corrected chi connectivity index (χ1v) is 10.7. The number of fused-ring (bicyclic) bond motifs is 1. The predicted octanol–water partition coefficient (Wildman–Crippen LogP) is 3.68. The first-order chi connectivity index (χ1) is 15.8. The molecule has 33 heavy (non-hydrogen) atoms. The number of benzene rings is 1. The third-order valence-electron chi connectivity index (χ3n) is 6.24. The quantitative estimate of drug-likeness (QED) is 0.554. The number of carbonyl (C=O) groups excluding carboxylic acids is 1. The van der Waals surface area contributed by atoms with Gasteiger partial charge in [0.2, 0.25) is 5.89 Å². The van der Waals surface area contributed by atoms with Gasteiger partial charge in [0.25, 0.3) is 5.56 Å². The summed E-state index contributed by atoms with van der Waals surface area (Å²) in [5.41, 5.74) is 5.88. The smallest absolute Gasteiger partial charge is 0.404 e. The van der Waals surface area contributed by atoms with Crippen LogP contribution in [0.2, 0.25) is 0 Å². The molecule has 1 atom stereocenters. The van der Waals surface area contributed by atoms with Gasteiger partial charge in [-0.1, -0.05) is 6.07 Å². The van der Waals surface area contributed by atoms with E-state index in [1.165, 1.54) is 13.2 Å². The topological polar surface area (TPSA) is 120 Å². The number of amides is 1. The molecule has 3 N–H and O–H groups in total. The maximum Gasteiger partial charge on any atom is 0.404 e. The number of hydrogen-bond donors (Lipinski definition) is 2. The van der Waals surface area contributed by atoms with E-state index in [4.69, 9.17) is 19.6 Å². The van der Waals surface area contributed by atoms with E-state index in [1.54, 1.807) is 18.2 Å². The van der Waals surface area contributed by atoms with Crippen molar-refractivity contribution in [3.63, 3.8) is 0 Å². The molecule has 0 radical (unpaired) electrons. The van der Waals surface area contributed by atoms with Crippen LogP contribution in [0.1, 0.15) is 48.6 Å². The third kappa shape index (κ3) is 4.75. The van der Waals surface area contributed by atoms with E-state index in [1.807, 2.05) is 0 Å². The number of halogens is 2. The van der Waals surface area contributed by atoms with Gasteiger partial charge in [-0.15, -0.1) is 0 Å². The molecular formula is C23H25F2N3O5. The van der Waals surface area contributed by atoms with Gasteiger partial charge >= 0.3 is 6.09 Å². The molecule has 10 heteroatoms. The zero-order valence-electron chi connectivity index (χ0n) is 18.1. The number of aromatic nitrogens is 2. The Kier molecular flexibility index (Phi) is 6.46. The highest BCUT2D eigenvalue weighted by Gasteiger charge is 2.42. The summed E-state index contributed by atoms with van der Waals surface area (Å²) >= 11 is 0. The van der Waals surface area contributed by atoms with Gasteiger partial charge in [-0.05, 0) is 49.4 Å². The number of aromatic amines is 1. The number of hydrogen-bond acceptors (Lipinski definition) is 6. The van der Waals surface area contributed by atoms with Gasteiger partial charge in [0.05, 0.1) is 12.0 Å². The number of primary amides is 1. The van der Waals surface area contributed by atoms with Crippen molar-refractivity contribution in [2.75, 3.05) is 20.3 Å². The number of nitrogens with zero attached hydrogens (tertiary/aromatic N) is 1. The van der Waals surface area contributed by atoms with Crippen LogP contribution in [0.3, 0.4) is 0 Å². The molecule has 1 saturated carbocycles. The molecule has 0 saturated heterocycles. The van der Waals surface area contributed by atoms with Crippen LogP contribution in [-0.2, 0) is 14.9 Å². The van der Waals surface area contributed by atoms with Gasteiger partial charge in [0.1, 0.15) is 24.1 Å². The van der Waals surface area contributed by atoms with E-state index in [9.17, 15) is 18.4 Å². The summed E-state index contributed by atoms with van der Waals surface area (Å²) in [6, 6.07) is 6.41. The molecule has 3 aromatic rings. The molecule has 1 aliphatic rings. The lowest BCUT2D eigenvalue weighted by Gasteiger charge is -2.34. The summed E-state index contributed by atoms with van der Waals surface area (Å²) in [7, 11) is 1.50. The third-order valence-corrected chi connectivity index (χ3v) is 6.24. The minimum absolute atomic E-state index is 0.0559. The van der Waals surface area contributed by atoms with Crippen molar-refractivity contribution in [1.29, 1.82) is 0 Å². The monoisotopic (exact) mass is 461 g/mol. The van der Waals surface area contributed by atoms with Crippen LogP contribution in [0.4, 0.5) is 13.6 Å². The SMILES string of the molecule is COC[C@H](c1ccc2oc(C3(COC(N)=O)CCC(F)CC3)nc2c1)c1cc(F)c[nH]c1=O. The summed E-state index contributed by atoms with van der Waals surface area (Å²) < 4.78 is 44.0.